The Morgan fingerprint density at radius 2 is 1.87 bits per heavy atom. The van der Waals surface area contributed by atoms with Gasteiger partial charge < -0.3 is 4.74 Å². The van der Waals surface area contributed by atoms with Crippen LogP contribution in [0.15, 0.2) is 23.8 Å². The maximum absolute atomic E-state index is 14.5. The molecule has 0 fully saturated rings. The maximum Gasteiger partial charge on any atom is 0.308 e. The first-order chi connectivity index (χ1) is 14.5. The van der Waals surface area contributed by atoms with Crippen LogP contribution in [0.2, 0.25) is 0 Å². The Morgan fingerprint density at radius 3 is 2.45 bits per heavy atom. The van der Waals surface area contributed by atoms with Crippen LogP contribution in [0.1, 0.15) is 110 Å². The van der Waals surface area contributed by atoms with Gasteiger partial charge in [-0.1, -0.05) is 72.4 Å². The molecule has 0 bridgehead atoms. The Balaban J connectivity index is 2.52. The Hall–Kier alpha value is -1.64. The molecule has 1 aromatic carbocycles. The van der Waals surface area contributed by atoms with Crippen molar-refractivity contribution in [1.29, 1.82) is 0 Å². The highest BCUT2D eigenvalue weighted by Gasteiger charge is 2.36. The zero-order valence-electron chi connectivity index (χ0n) is 21.0. The molecule has 1 aliphatic carbocycles. The van der Waals surface area contributed by atoms with Crippen molar-refractivity contribution in [3.05, 3.63) is 40.5 Å². The van der Waals surface area contributed by atoms with Crippen LogP contribution in [0.3, 0.4) is 0 Å². The van der Waals surface area contributed by atoms with Crippen molar-refractivity contribution in [2.24, 2.45) is 11.8 Å². The van der Waals surface area contributed by atoms with Gasteiger partial charge in [-0.05, 0) is 66.7 Å². The van der Waals surface area contributed by atoms with Gasteiger partial charge >= 0.3 is 5.97 Å². The lowest BCUT2D eigenvalue weighted by Crippen LogP contribution is -2.28. The largest absolute Gasteiger partial charge is 0.426 e. The Morgan fingerprint density at radius 1 is 1.19 bits per heavy atom. The molecule has 2 rings (SSSR count). The quantitative estimate of drug-likeness (QED) is 0.171. The van der Waals surface area contributed by atoms with Gasteiger partial charge in [0, 0.05) is 18.4 Å². The monoisotopic (exact) mass is 430 g/mol. The van der Waals surface area contributed by atoms with Gasteiger partial charge in [-0.2, -0.15) is 0 Å². The molecule has 3 heteroatoms. The van der Waals surface area contributed by atoms with E-state index < -0.39 is 6.17 Å². The molecule has 0 aromatic heterocycles. The average molecular weight is 431 g/mol. The van der Waals surface area contributed by atoms with Crippen molar-refractivity contribution in [2.75, 3.05) is 0 Å². The summed E-state index contributed by atoms with van der Waals surface area (Å²) in [5.74, 6) is 0.926. The number of esters is 1. The van der Waals surface area contributed by atoms with Crippen molar-refractivity contribution in [1.82, 2.24) is 0 Å². The Bertz CT molecular complexity index is 790. The number of hydrogen-bond acceptors (Lipinski definition) is 2. The molecule has 0 spiro atoms. The van der Waals surface area contributed by atoms with E-state index >= 15 is 0 Å². The minimum absolute atomic E-state index is 0.00569. The fraction of sp³-hybridized carbons (Fsp3) is 0.679. The second-order valence-electron chi connectivity index (χ2n) is 10.5. The van der Waals surface area contributed by atoms with Crippen molar-refractivity contribution in [3.63, 3.8) is 0 Å². The number of hydrogen-bond donors (Lipinski definition) is 0. The minimum Gasteiger partial charge on any atom is -0.426 e. The summed E-state index contributed by atoms with van der Waals surface area (Å²) in [5.41, 5.74) is 4.18. The van der Waals surface area contributed by atoms with E-state index in [4.69, 9.17) is 4.74 Å². The van der Waals surface area contributed by atoms with Gasteiger partial charge in [-0.25, -0.2) is 4.39 Å². The fourth-order valence-corrected chi connectivity index (χ4v) is 5.03. The number of carbonyl (C=O) groups excluding carboxylic acids is 1. The summed E-state index contributed by atoms with van der Waals surface area (Å²) in [5, 5.41) is 0. The number of alkyl halides is 1. The maximum atomic E-state index is 14.5. The highest BCUT2D eigenvalue weighted by atomic mass is 19.1. The van der Waals surface area contributed by atoms with Crippen LogP contribution in [0.5, 0.6) is 5.75 Å². The zero-order valence-corrected chi connectivity index (χ0v) is 21.0. The number of rotatable bonds is 9. The van der Waals surface area contributed by atoms with E-state index in [0.29, 0.717) is 18.1 Å². The first kappa shape index (κ1) is 25.6. The molecule has 0 heterocycles. The van der Waals surface area contributed by atoms with Crippen molar-refractivity contribution in [2.45, 2.75) is 111 Å². The predicted octanol–water partition coefficient (Wildman–Crippen LogP) is 8.21. The number of aryl methyl sites for hydroxylation is 1. The molecule has 0 aliphatic heterocycles. The van der Waals surface area contributed by atoms with E-state index in [1.807, 2.05) is 6.92 Å². The van der Waals surface area contributed by atoms with Crippen LogP contribution in [-0.2, 0) is 10.2 Å². The summed E-state index contributed by atoms with van der Waals surface area (Å²) in [4.78, 5) is 12.0. The average Bonchev–Trinajstić information content (AvgIpc) is 2.66. The van der Waals surface area contributed by atoms with Crippen molar-refractivity contribution in [3.8, 4) is 5.75 Å². The van der Waals surface area contributed by atoms with Gasteiger partial charge in [0.15, 0.2) is 0 Å². The van der Waals surface area contributed by atoms with Crippen LogP contribution >= 0.6 is 0 Å². The molecule has 3 atom stereocenters. The third-order valence-corrected chi connectivity index (χ3v) is 7.11. The molecular weight excluding hydrogens is 387 g/mol. The number of ether oxygens (including phenoxy) is 1. The van der Waals surface area contributed by atoms with E-state index in [0.717, 1.165) is 23.1 Å². The molecule has 0 saturated heterocycles. The normalized spacial score (nSPS) is 21.9. The molecule has 2 nitrogen and oxygen atoms in total. The lowest BCUT2D eigenvalue weighted by molar-refractivity contribution is -0.131. The standard InChI is InChI=1S/C28H43FO2/c1-9-10-11-12-13-28(7,8)22-14-20(5)27(26(16-22)31-21(6)30)24-15-19(4)25(29)17-23(24)18(2)3/h14-16,18,23-25H,9-13,17H2,1-8H3/t23-,24?,25?/m0/s1. The van der Waals surface area contributed by atoms with Crippen LogP contribution < -0.4 is 4.74 Å². The summed E-state index contributed by atoms with van der Waals surface area (Å²) in [6.07, 6.45) is 7.76. The van der Waals surface area contributed by atoms with Crippen molar-refractivity contribution >= 4 is 5.97 Å². The smallest absolute Gasteiger partial charge is 0.308 e. The number of carbonyl (C=O) groups is 1. The number of halogens is 1. The second kappa shape index (κ2) is 10.8. The molecule has 31 heavy (non-hydrogen) atoms. The topological polar surface area (TPSA) is 26.3 Å². The second-order valence-corrected chi connectivity index (χ2v) is 10.5. The lowest BCUT2D eigenvalue weighted by Gasteiger charge is -2.36. The fourth-order valence-electron chi connectivity index (χ4n) is 5.03. The summed E-state index contributed by atoms with van der Waals surface area (Å²) < 4.78 is 20.3. The van der Waals surface area contributed by atoms with Crippen molar-refractivity contribution < 1.29 is 13.9 Å². The molecule has 0 N–H and O–H groups in total. The first-order valence-electron chi connectivity index (χ1n) is 12.1. The van der Waals surface area contributed by atoms with Gasteiger partial charge in [-0.3, -0.25) is 4.79 Å². The number of allylic oxidation sites excluding steroid dienone is 2. The van der Waals surface area contributed by atoms with Crippen LogP contribution in [0.4, 0.5) is 4.39 Å². The number of benzene rings is 1. The highest BCUT2D eigenvalue weighted by molar-refractivity contribution is 5.70. The SMILES string of the molecule is CCCCCCC(C)(C)c1cc(C)c(C2C=C(C)C(F)C[C@H]2C(C)C)c(OC(C)=O)c1. The Labute approximate surface area is 189 Å². The zero-order chi connectivity index (χ0) is 23.3. The van der Waals surface area contributed by atoms with E-state index in [9.17, 15) is 9.18 Å². The first-order valence-corrected chi connectivity index (χ1v) is 12.1. The molecule has 1 aromatic rings. The molecule has 1 aliphatic rings. The van der Waals surface area contributed by atoms with E-state index in [-0.39, 0.29) is 23.2 Å². The van der Waals surface area contributed by atoms with Crippen LogP contribution in [0.25, 0.3) is 0 Å². The van der Waals surface area contributed by atoms with Gasteiger partial charge in [0.25, 0.3) is 0 Å². The molecule has 0 radical (unpaired) electrons. The summed E-state index contributed by atoms with van der Waals surface area (Å²) in [6.45, 7) is 16.6. The van der Waals surface area contributed by atoms with Gasteiger partial charge in [0.05, 0.1) is 0 Å². The summed E-state index contributed by atoms with van der Waals surface area (Å²) >= 11 is 0. The van der Waals surface area contributed by atoms with E-state index in [1.165, 1.54) is 38.2 Å². The van der Waals surface area contributed by atoms with Gasteiger partial charge in [-0.15, -0.1) is 0 Å². The third-order valence-electron chi connectivity index (χ3n) is 7.11. The molecule has 2 unspecified atom stereocenters. The highest BCUT2D eigenvalue weighted by Crippen LogP contribution is 2.47. The number of unbranched alkanes of at least 4 members (excludes halogenated alkanes) is 3. The Kier molecular flexibility index (Phi) is 8.92. The van der Waals surface area contributed by atoms with Crippen LogP contribution in [0, 0.1) is 18.8 Å². The van der Waals surface area contributed by atoms with Crippen LogP contribution in [-0.4, -0.2) is 12.1 Å². The molecule has 0 saturated carbocycles. The summed E-state index contributed by atoms with van der Waals surface area (Å²) in [7, 11) is 0. The minimum atomic E-state index is -0.887. The van der Waals surface area contributed by atoms with E-state index in [2.05, 4.69) is 59.8 Å². The van der Waals surface area contributed by atoms with E-state index in [1.54, 1.807) is 0 Å². The molecule has 174 valence electrons. The molecular formula is C28H43FO2. The lowest BCUT2D eigenvalue weighted by atomic mass is 9.69. The summed E-state index contributed by atoms with van der Waals surface area (Å²) in [6, 6.07) is 4.34. The predicted molar refractivity (Wildman–Crippen MR) is 129 cm³/mol. The molecule has 0 amide bonds. The van der Waals surface area contributed by atoms with Gasteiger partial charge in [0.2, 0.25) is 0 Å². The van der Waals surface area contributed by atoms with Gasteiger partial charge in [0.1, 0.15) is 11.9 Å². The third kappa shape index (κ3) is 6.43.